The predicted octanol–water partition coefficient (Wildman–Crippen LogP) is 2.66. The third-order valence-electron chi connectivity index (χ3n) is 3.27. The molecule has 1 aromatic rings. The Morgan fingerprint density at radius 1 is 1.11 bits per heavy atom. The summed E-state index contributed by atoms with van der Waals surface area (Å²) < 4.78 is 0. The summed E-state index contributed by atoms with van der Waals surface area (Å²) in [5.41, 5.74) is 2.26. The minimum atomic E-state index is -0.291. The van der Waals surface area contributed by atoms with Crippen molar-refractivity contribution < 1.29 is 9.59 Å². The number of rotatable bonds is 2. The van der Waals surface area contributed by atoms with Crippen LogP contribution < -0.4 is 10.6 Å². The average molecular weight is 265 g/mol. The van der Waals surface area contributed by atoms with Crippen molar-refractivity contribution in [2.75, 3.05) is 10.6 Å². The Kier molecular flexibility index (Phi) is 2.74. The summed E-state index contributed by atoms with van der Waals surface area (Å²) in [5, 5.41) is 5.42. The molecule has 1 aliphatic carbocycles. The van der Waals surface area contributed by atoms with E-state index < -0.39 is 0 Å². The fourth-order valence-electron chi connectivity index (χ4n) is 2.14. The minimum absolute atomic E-state index is 0.00819. The maximum atomic E-state index is 11.5. The molecule has 1 heterocycles. The Hall–Kier alpha value is -1.55. The number of fused-ring (bicyclic) bond motifs is 1. The van der Waals surface area contributed by atoms with Gasteiger partial charge in [-0.25, -0.2) is 0 Å². The molecule has 2 aliphatic rings. The second-order valence-corrected chi connectivity index (χ2v) is 5.29. The molecule has 0 aromatic heterocycles. The number of hydrogen-bond acceptors (Lipinski definition) is 2. The highest BCUT2D eigenvalue weighted by atomic mass is 35.5. The molecular formula is C13H13ClN2O2. The Morgan fingerprint density at radius 2 is 1.78 bits per heavy atom. The summed E-state index contributed by atoms with van der Waals surface area (Å²) in [5.74, 6) is -0.0367. The van der Waals surface area contributed by atoms with Gasteiger partial charge >= 0.3 is 0 Å². The average Bonchev–Trinajstić information content (AvgIpc) is 3.13. The van der Waals surface area contributed by atoms with Crippen LogP contribution in [-0.2, 0) is 9.59 Å². The van der Waals surface area contributed by atoms with Crippen LogP contribution in [0.25, 0.3) is 0 Å². The van der Waals surface area contributed by atoms with Crippen molar-refractivity contribution >= 4 is 34.8 Å². The highest BCUT2D eigenvalue weighted by Crippen LogP contribution is 2.46. The van der Waals surface area contributed by atoms with Crippen molar-refractivity contribution in [2.45, 2.75) is 24.6 Å². The molecule has 4 nitrogen and oxygen atoms in total. The van der Waals surface area contributed by atoms with Crippen LogP contribution in [0.3, 0.4) is 0 Å². The van der Waals surface area contributed by atoms with Crippen molar-refractivity contribution in [1.82, 2.24) is 0 Å². The number of carbonyl (C=O) groups excluding carboxylic acids is 2. The fraction of sp³-hybridized carbons (Fsp3) is 0.385. The lowest BCUT2D eigenvalue weighted by Gasteiger charge is -2.13. The van der Waals surface area contributed by atoms with E-state index in [0.29, 0.717) is 17.3 Å². The molecule has 5 heteroatoms. The van der Waals surface area contributed by atoms with Gasteiger partial charge in [-0.2, -0.15) is 0 Å². The number of benzene rings is 1. The number of nitrogens with one attached hydrogen (secondary N) is 2. The van der Waals surface area contributed by atoms with E-state index in [-0.39, 0.29) is 23.6 Å². The zero-order chi connectivity index (χ0) is 12.7. The maximum Gasteiger partial charge on any atom is 0.233 e. The first-order valence-corrected chi connectivity index (χ1v) is 6.45. The Labute approximate surface area is 110 Å². The Morgan fingerprint density at radius 3 is 2.44 bits per heavy atom. The van der Waals surface area contributed by atoms with Crippen molar-refractivity contribution in [2.24, 2.45) is 5.92 Å². The monoisotopic (exact) mass is 264 g/mol. The molecule has 0 radical (unpaired) electrons. The second kappa shape index (κ2) is 4.28. The summed E-state index contributed by atoms with van der Waals surface area (Å²) in [6.07, 6.45) is 2.18. The van der Waals surface area contributed by atoms with E-state index in [0.717, 1.165) is 18.4 Å². The first kappa shape index (κ1) is 11.5. The lowest BCUT2D eigenvalue weighted by molar-refractivity contribution is -0.123. The van der Waals surface area contributed by atoms with E-state index >= 15 is 0 Å². The first-order valence-electron chi connectivity index (χ1n) is 6.01. The molecule has 1 unspecified atom stereocenters. The van der Waals surface area contributed by atoms with Crippen LogP contribution in [0, 0.1) is 5.92 Å². The summed E-state index contributed by atoms with van der Waals surface area (Å²) in [6, 6.07) is 5.56. The number of amides is 2. The molecule has 1 atom stereocenters. The summed E-state index contributed by atoms with van der Waals surface area (Å²) in [7, 11) is 0. The van der Waals surface area contributed by atoms with E-state index in [2.05, 4.69) is 10.6 Å². The number of hydrogen-bond donors (Lipinski definition) is 2. The van der Waals surface area contributed by atoms with Gasteiger partial charge in [0.15, 0.2) is 0 Å². The summed E-state index contributed by atoms with van der Waals surface area (Å²) in [6.45, 7) is 0. The van der Waals surface area contributed by atoms with E-state index in [4.69, 9.17) is 11.6 Å². The van der Waals surface area contributed by atoms with Gasteiger partial charge in [-0.1, -0.05) is 6.07 Å². The third-order valence-corrected chi connectivity index (χ3v) is 3.88. The van der Waals surface area contributed by atoms with Gasteiger partial charge in [0.2, 0.25) is 11.8 Å². The number of anilines is 2. The molecule has 18 heavy (non-hydrogen) atoms. The van der Waals surface area contributed by atoms with Crippen LogP contribution in [0.5, 0.6) is 0 Å². The van der Waals surface area contributed by atoms with Gasteiger partial charge in [0.25, 0.3) is 0 Å². The third kappa shape index (κ3) is 2.20. The summed E-state index contributed by atoms with van der Waals surface area (Å²) >= 11 is 6.35. The van der Waals surface area contributed by atoms with Crippen molar-refractivity contribution in [3.63, 3.8) is 0 Å². The van der Waals surface area contributed by atoms with Gasteiger partial charge < -0.3 is 10.6 Å². The molecule has 1 saturated carbocycles. The van der Waals surface area contributed by atoms with Crippen molar-refractivity contribution in [3.05, 3.63) is 23.8 Å². The zero-order valence-electron chi connectivity index (χ0n) is 9.70. The van der Waals surface area contributed by atoms with Crippen LogP contribution in [0.4, 0.5) is 11.4 Å². The lowest BCUT2D eigenvalue weighted by Crippen LogP contribution is -2.16. The molecule has 2 amide bonds. The highest BCUT2D eigenvalue weighted by Gasteiger charge is 2.31. The van der Waals surface area contributed by atoms with Gasteiger partial charge in [0.1, 0.15) is 6.42 Å². The quantitative estimate of drug-likeness (QED) is 0.637. The second-order valence-electron chi connectivity index (χ2n) is 4.82. The largest absolute Gasteiger partial charge is 0.324 e. The molecule has 94 valence electrons. The molecular weight excluding hydrogens is 252 g/mol. The molecule has 0 bridgehead atoms. The summed E-state index contributed by atoms with van der Waals surface area (Å²) in [4.78, 5) is 22.9. The number of carbonyl (C=O) groups is 2. The predicted molar refractivity (Wildman–Crippen MR) is 69.6 cm³/mol. The molecule has 1 fully saturated rings. The van der Waals surface area contributed by atoms with E-state index in [9.17, 15) is 9.59 Å². The zero-order valence-corrected chi connectivity index (χ0v) is 10.5. The smallest absolute Gasteiger partial charge is 0.233 e. The first-order chi connectivity index (χ1) is 8.63. The van der Waals surface area contributed by atoms with Crippen LogP contribution in [-0.4, -0.2) is 11.8 Å². The van der Waals surface area contributed by atoms with E-state index in [1.165, 1.54) is 0 Å². The molecule has 1 aromatic carbocycles. The van der Waals surface area contributed by atoms with Crippen LogP contribution in [0.1, 0.15) is 30.2 Å². The number of alkyl halides is 1. The van der Waals surface area contributed by atoms with Gasteiger partial charge in [-0.05, 0) is 36.5 Å². The molecule has 1 aliphatic heterocycles. The standard InChI is InChI=1S/C13H13ClN2O2/c14-13(7-1-2-7)8-3-4-9-10(5-8)16-12(18)6-11(17)15-9/h3-5,7,13H,1-2,6H2,(H,15,17)(H,16,18). The SMILES string of the molecule is O=C1CC(=O)Nc2cc(C(Cl)C3CC3)ccc2N1. The van der Waals surface area contributed by atoms with Gasteiger partial charge in [0.05, 0.1) is 16.8 Å². The maximum absolute atomic E-state index is 11.5. The fourth-order valence-corrected chi connectivity index (χ4v) is 2.53. The van der Waals surface area contributed by atoms with Crippen LogP contribution >= 0.6 is 11.6 Å². The van der Waals surface area contributed by atoms with Crippen molar-refractivity contribution in [1.29, 1.82) is 0 Å². The molecule has 3 rings (SSSR count). The lowest BCUT2D eigenvalue weighted by atomic mass is 10.1. The van der Waals surface area contributed by atoms with Crippen molar-refractivity contribution in [3.8, 4) is 0 Å². The normalized spacial score (nSPS) is 20.5. The van der Waals surface area contributed by atoms with Crippen LogP contribution in [0.15, 0.2) is 18.2 Å². The number of halogens is 1. The molecule has 0 spiro atoms. The van der Waals surface area contributed by atoms with Crippen LogP contribution in [0.2, 0.25) is 0 Å². The molecule has 2 N–H and O–H groups in total. The van der Waals surface area contributed by atoms with Gasteiger partial charge in [-0.15, -0.1) is 11.6 Å². The van der Waals surface area contributed by atoms with Gasteiger partial charge in [0, 0.05) is 0 Å². The van der Waals surface area contributed by atoms with E-state index in [1.807, 2.05) is 12.1 Å². The Bertz CT molecular complexity index is 526. The minimum Gasteiger partial charge on any atom is -0.324 e. The topological polar surface area (TPSA) is 58.2 Å². The van der Waals surface area contributed by atoms with Gasteiger partial charge in [-0.3, -0.25) is 9.59 Å². The van der Waals surface area contributed by atoms with E-state index in [1.54, 1.807) is 6.07 Å². The Balaban J connectivity index is 1.93. The highest BCUT2D eigenvalue weighted by molar-refractivity contribution is 6.21. The molecule has 0 saturated heterocycles.